The lowest BCUT2D eigenvalue weighted by Gasteiger charge is -2.07. The summed E-state index contributed by atoms with van der Waals surface area (Å²) in [6.07, 6.45) is 0. The molecule has 0 spiro atoms. The molecule has 3 aromatic carbocycles. The SMILES string of the molecule is COc1ccc(Cl)cc1-c1noc(-c2cccc(COc3cccc(Cl)c3)c2)n1. The van der Waals surface area contributed by atoms with Gasteiger partial charge in [0, 0.05) is 15.6 Å². The van der Waals surface area contributed by atoms with Crippen molar-refractivity contribution in [3.8, 4) is 34.3 Å². The molecule has 1 heterocycles. The van der Waals surface area contributed by atoms with Gasteiger partial charge < -0.3 is 14.0 Å². The Bertz CT molecular complexity index is 1140. The average Bonchev–Trinajstić information content (AvgIpc) is 3.23. The molecular weight excluding hydrogens is 411 g/mol. The number of methoxy groups -OCH3 is 1. The number of hydrogen-bond acceptors (Lipinski definition) is 5. The van der Waals surface area contributed by atoms with Crippen LogP contribution in [0.3, 0.4) is 0 Å². The van der Waals surface area contributed by atoms with E-state index in [1.165, 1.54) is 0 Å². The van der Waals surface area contributed by atoms with Gasteiger partial charge in [0.15, 0.2) is 0 Å². The Kier molecular flexibility index (Phi) is 5.69. The predicted molar refractivity (Wildman–Crippen MR) is 113 cm³/mol. The van der Waals surface area contributed by atoms with Crippen molar-refractivity contribution < 1.29 is 14.0 Å². The molecular formula is C22H16Cl2N2O3. The van der Waals surface area contributed by atoms with Crippen molar-refractivity contribution in [2.45, 2.75) is 6.61 Å². The van der Waals surface area contributed by atoms with Crippen LogP contribution in [0.15, 0.2) is 71.3 Å². The minimum absolute atomic E-state index is 0.386. The van der Waals surface area contributed by atoms with E-state index < -0.39 is 0 Å². The number of benzene rings is 3. The highest BCUT2D eigenvalue weighted by Gasteiger charge is 2.15. The zero-order valence-electron chi connectivity index (χ0n) is 15.4. The molecule has 146 valence electrons. The van der Waals surface area contributed by atoms with E-state index in [0.717, 1.165) is 11.1 Å². The summed E-state index contributed by atoms with van der Waals surface area (Å²) in [5.74, 6) is 2.12. The standard InChI is InChI=1S/C22H16Cl2N2O3/c1-27-20-9-8-17(24)12-19(20)21-25-22(29-26-21)15-5-2-4-14(10-15)13-28-18-7-3-6-16(23)11-18/h2-12H,13H2,1H3. The van der Waals surface area contributed by atoms with Gasteiger partial charge in [0.1, 0.15) is 18.1 Å². The van der Waals surface area contributed by atoms with Crippen LogP contribution in [0.5, 0.6) is 11.5 Å². The van der Waals surface area contributed by atoms with Crippen molar-refractivity contribution in [3.63, 3.8) is 0 Å². The maximum atomic E-state index is 6.10. The number of hydrogen-bond donors (Lipinski definition) is 0. The summed E-state index contributed by atoms with van der Waals surface area (Å²) in [6, 6.07) is 20.2. The van der Waals surface area contributed by atoms with Gasteiger partial charge in [0.05, 0.1) is 12.7 Å². The first-order valence-electron chi connectivity index (χ1n) is 8.77. The second-order valence-electron chi connectivity index (χ2n) is 6.21. The molecule has 0 radical (unpaired) electrons. The summed E-state index contributed by atoms with van der Waals surface area (Å²) in [5.41, 5.74) is 2.41. The van der Waals surface area contributed by atoms with Crippen LogP contribution >= 0.6 is 23.2 Å². The first-order valence-corrected chi connectivity index (χ1v) is 9.53. The number of ether oxygens (including phenoxy) is 2. The Morgan fingerprint density at radius 3 is 2.59 bits per heavy atom. The molecule has 0 bridgehead atoms. The van der Waals surface area contributed by atoms with Crippen LogP contribution in [0, 0.1) is 0 Å². The molecule has 0 unspecified atom stereocenters. The topological polar surface area (TPSA) is 57.4 Å². The van der Waals surface area contributed by atoms with Gasteiger partial charge in [0.2, 0.25) is 5.82 Å². The van der Waals surface area contributed by atoms with E-state index in [1.807, 2.05) is 36.4 Å². The van der Waals surface area contributed by atoms with Gasteiger partial charge in [-0.15, -0.1) is 0 Å². The second-order valence-corrected chi connectivity index (χ2v) is 7.09. The maximum Gasteiger partial charge on any atom is 0.258 e. The Labute approximate surface area is 177 Å². The summed E-state index contributed by atoms with van der Waals surface area (Å²) in [6.45, 7) is 0.386. The van der Waals surface area contributed by atoms with E-state index >= 15 is 0 Å². The van der Waals surface area contributed by atoms with Gasteiger partial charge in [-0.2, -0.15) is 4.98 Å². The van der Waals surface area contributed by atoms with E-state index in [4.69, 9.17) is 37.2 Å². The highest BCUT2D eigenvalue weighted by atomic mass is 35.5. The van der Waals surface area contributed by atoms with Crippen LogP contribution in [0.25, 0.3) is 22.8 Å². The van der Waals surface area contributed by atoms with E-state index in [2.05, 4.69) is 10.1 Å². The zero-order valence-corrected chi connectivity index (χ0v) is 16.9. The number of nitrogens with zero attached hydrogens (tertiary/aromatic N) is 2. The molecule has 0 aliphatic heterocycles. The van der Waals surface area contributed by atoms with E-state index in [1.54, 1.807) is 37.4 Å². The zero-order chi connectivity index (χ0) is 20.2. The van der Waals surface area contributed by atoms with Crippen molar-refractivity contribution >= 4 is 23.2 Å². The monoisotopic (exact) mass is 426 g/mol. The molecule has 4 aromatic rings. The molecule has 29 heavy (non-hydrogen) atoms. The maximum absolute atomic E-state index is 6.10. The molecule has 0 aliphatic rings. The molecule has 0 fully saturated rings. The molecule has 0 aliphatic carbocycles. The summed E-state index contributed by atoms with van der Waals surface area (Å²) < 4.78 is 16.6. The minimum Gasteiger partial charge on any atom is -0.496 e. The summed E-state index contributed by atoms with van der Waals surface area (Å²) in [5, 5.41) is 5.27. The first-order chi connectivity index (χ1) is 14.1. The van der Waals surface area contributed by atoms with Crippen molar-refractivity contribution in [1.29, 1.82) is 0 Å². The van der Waals surface area contributed by atoms with Gasteiger partial charge in [-0.05, 0) is 54.1 Å². The van der Waals surface area contributed by atoms with Crippen molar-refractivity contribution in [1.82, 2.24) is 10.1 Å². The lowest BCUT2D eigenvalue weighted by molar-refractivity contribution is 0.306. The Morgan fingerprint density at radius 2 is 1.76 bits per heavy atom. The summed E-state index contributed by atoms with van der Waals surface area (Å²) >= 11 is 12.1. The first kappa shape index (κ1) is 19.3. The second kappa shape index (κ2) is 8.55. The Balaban J connectivity index is 1.56. The molecule has 0 saturated carbocycles. The van der Waals surface area contributed by atoms with Crippen LogP contribution < -0.4 is 9.47 Å². The van der Waals surface area contributed by atoms with Crippen molar-refractivity contribution in [2.24, 2.45) is 0 Å². The van der Waals surface area contributed by atoms with Gasteiger partial charge >= 0.3 is 0 Å². The smallest absolute Gasteiger partial charge is 0.258 e. The highest BCUT2D eigenvalue weighted by molar-refractivity contribution is 6.31. The largest absolute Gasteiger partial charge is 0.496 e. The fourth-order valence-corrected chi connectivity index (χ4v) is 3.18. The summed E-state index contributed by atoms with van der Waals surface area (Å²) in [7, 11) is 1.58. The van der Waals surface area contributed by atoms with E-state index in [9.17, 15) is 0 Å². The number of halogens is 2. The third kappa shape index (κ3) is 4.53. The third-order valence-electron chi connectivity index (χ3n) is 4.20. The molecule has 0 amide bonds. The van der Waals surface area contributed by atoms with Crippen LogP contribution in [-0.4, -0.2) is 17.3 Å². The van der Waals surface area contributed by atoms with Crippen LogP contribution in [0.1, 0.15) is 5.56 Å². The van der Waals surface area contributed by atoms with Crippen LogP contribution in [0.4, 0.5) is 0 Å². The third-order valence-corrected chi connectivity index (χ3v) is 4.67. The normalized spacial score (nSPS) is 10.7. The van der Waals surface area contributed by atoms with Crippen molar-refractivity contribution in [2.75, 3.05) is 7.11 Å². The Morgan fingerprint density at radius 1 is 0.931 bits per heavy atom. The molecule has 1 aromatic heterocycles. The molecule has 4 rings (SSSR count). The van der Waals surface area contributed by atoms with Gasteiger partial charge in [-0.25, -0.2) is 0 Å². The lowest BCUT2D eigenvalue weighted by atomic mass is 10.1. The van der Waals surface area contributed by atoms with E-state index in [-0.39, 0.29) is 0 Å². The highest BCUT2D eigenvalue weighted by Crippen LogP contribution is 2.32. The van der Waals surface area contributed by atoms with Crippen LogP contribution in [-0.2, 0) is 6.61 Å². The molecule has 0 atom stereocenters. The minimum atomic E-state index is 0.386. The predicted octanol–water partition coefficient (Wildman–Crippen LogP) is 6.30. The molecule has 0 saturated heterocycles. The van der Waals surface area contributed by atoms with Crippen LogP contribution in [0.2, 0.25) is 10.0 Å². The van der Waals surface area contributed by atoms with Crippen molar-refractivity contribution in [3.05, 3.63) is 82.3 Å². The van der Waals surface area contributed by atoms with Gasteiger partial charge in [-0.3, -0.25) is 0 Å². The molecule has 7 heteroatoms. The average molecular weight is 427 g/mol. The number of aromatic nitrogens is 2. The fraction of sp³-hybridized carbons (Fsp3) is 0.0909. The lowest BCUT2D eigenvalue weighted by Crippen LogP contribution is -1.95. The Hall–Kier alpha value is -3.02. The quantitative estimate of drug-likeness (QED) is 0.362. The van der Waals surface area contributed by atoms with Gasteiger partial charge in [0.25, 0.3) is 5.89 Å². The summed E-state index contributed by atoms with van der Waals surface area (Å²) in [4.78, 5) is 4.50. The fourth-order valence-electron chi connectivity index (χ4n) is 2.82. The molecule has 0 N–H and O–H groups in total. The number of rotatable bonds is 6. The molecule has 5 nitrogen and oxygen atoms in total. The van der Waals surface area contributed by atoms with Gasteiger partial charge in [-0.1, -0.05) is 46.6 Å². The van der Waals surface area contributed by atoms with E-state index in [0.29, 0.717) is 45.4 Å².